The molecule has 1 aromatic heterocycles. The topological polar surface area (TPSA) is 73.2 Å². The molecule has 2 aromatic carbocycles. The van der Waals surface area contributed by atoms with E-state index in [0.717, 1.165) is 0 Å². The summed E-state index contributed by atoms with van der Waals surface area (Å²) in [5.41, 5.74) is 0.839. The lowest BCUT2D eigenvalue weighted by Gasteiger charge is -2.15. The molecule has 0 aliphatic heterocycles. The summed E-state index contributed by atoms with van der Waals surface area (Å²) in [6.07, 6.45) is 0.683. The number of amides is 1. The number of nitrogens with one attached hydrogen (secondary N) is 1. The molecule has 1 N–H and O–H groups in total. The standard InChI is InChI=1S/C21H19ClFN3O3/c1-14(29-18-4-2-3-16(22)11-18)21(28)24-9-10-26-13-25-19(12-20(26)27)15-5-7-17(23)8-6-15/h2-8,11-14H,9-10H2,1H3,(H,24,28). The summed E-state index contributed by atoms with van der Waals surface area (Å²) in [6, 6.07) is 13.9. The van der Waals surface area contributed by atoms with E-state index in [1.54, 1.807) is 43.3 Å². The molecule has 6 nitrogen and oxygen atoms in total. The Morgan fingerprint density at radius 1 is 1.24 bits per heavy atom. The van der Waals surface area contributed by atoms with Crippen LogP contribution in [0.15, 0.2) is 65.7 Å². The summed E-state index contributed by atoms with van der Waals surface area (Å²) in [5, 5.41) is 3.24. The third-order valence-electron chi connectivity index (χ3n) is 4.15. The van der Waals surface area contributed by atoms with Gasteiger partial charge in [-0.25, -0.2) is 9.37 Å². The van der Waals surface area contributed by atoms with E-state index in [2.05, 4.69) is 10.3 Å². The summed E-state index contributed by atoms with van der Waals surface area (Å²) in [6.45, 7) is 2.12. The van der Waals surface area contributed by atoms with E-state index in [9.17, 15) is 14.0 Å². The first-order valence-electron chi connectivity index (χ1n) is 8.95. The van der Waals surface area contributed by atoms with Gasteiger partial charge in [0.25, 0.3) is 11.5 Å². The van der Waals surface area contributed by atoms with Crippen LogP contribution in [0.4, 0.5) is 4.39 Å². The Morgan fingerprint density at radius 3 is 2.69 bits per heavy atom. The van der Waals surface area contributed by atoms with Crippen molar-refractivity contribution in [2.45, 2.75) is 19.6 Å². The Hall–Kier alpha value is -3.19. The highest BCUT2D eigenvalue weighted by molar-refractivity contribution is 6.30. The van der Waals surface area contributed by atoms with E-state index in [1.165, 1.54) is 29.1 Å². The second kappa shape index (κ2) is 9.34. The number of carbonyl (C=O) groups is 1. The molecular weight excluding hydrogens is 397 g/mol. The molecule has 0 fully saturated rings. The minimum atomic E-state index is -0.718. The maximum absolute atomic E-state index is 13.0. The number of hydrogen-bond acceptors (Lipinski definition) is 4. The normalized spacial score (nSPS) is 11.7. The quantitative estimate of drug-likeness (QED) is 0.642. The van der Waals surface area contributed by atoms with Crippen molar-refractivity contribution in [3.63, 3.8) is 0 Å². The van der Waals surface area contributed by atoms with E-state index < -0.39 is 6.10 Å². The van der Waals surface area contributed by atoms with Crippen LogP contribution in [0.3, 0.4) is 0 Å². The lowest BCUT2D eigenvalue weighted by atomic mass is 10.1. The second-order valence-electron chi connectivity index (χ2n) is 6.32. The van der Waals surface area contributed by atoms with Crippen LogP contribution >= 0.6 is 11.6 Å². The molecule has 1 atom stereocenters. The lowest BCUT2D eigenvalue weighted by molar-refractivity contribution is -0.127. The van der Waals surface area contributed by atoms with Crippen molar-refractivity contribution >= 4 is 17.5 Å². The smallest absolute Gasteiger partial charge is 0.260 e. The van der Waals surface area contributed by atoms with Gasteiger partial charge < -0.3 is 10.1 Å². The molecule has 150 valence electrons. The van der Waals surface area contributed by atoms with Gasteiger partial charge in [0.2, 0.25) is 0 Å². The fraction of sp³-hybridized carbons (Fsp3) is 0.190. The first kappa shape index (κ1) is 20.5. The molecule has 1 heterocycles. The molecule has 0 aliphatic carbocycles. The van der Waals surface area contributed by atoms with Gasteiger partial charge in [0.1, 0.15) is 11.6 Å². The highest BCUT2D eigenvalue weighted by atomic mass is 35.5. The van der Waals surface area contributed by atoms with Gasteiger partial charge in [-0.05, 0) is 49.4 Å². The molecule has 3 aromatic rings. The largest absolute Gasteiger partial charge is 0.481 e. The molecular formula is C21H19ClFN3O3. The molecule has 29 heavy (non-hydrogen) atoms. The molecule has 0 aliphatic rings. The van der Waals surface area contributed by atoms with Crippen LogP contribution in [-0.2, 0) is 11.3 Å². The van der Waals surface area contributed by atoms with Gasteiger partial charge in [-0.2, -0.15) is 0 Å². The van der Waals surface area contributed by atoms with E-state index in [4.69, 9.17) is 16.3 Å². The first-order valence-corrected chi connectivity index (χ1v) is 9.32. The molecule has 0 saturated carbocycles. The van der Waals surface area contributed by atoms with Crippen LogP contribution in [0.2, 0.25) is 5.02 Å². The van der Waals surface area contributed by atoms with Crippen LogP contribution in [0, 0.1) is 5.82 Å². The van der Waals surface area contributed by atoms with Crippen molar-refractivity contribution in [2.24, 2.45) is 0 Å². The van der Waals surface area contributed by atoms with E-state index in [1.807, 2.05) is 0 Å². The van der Waals surface area contributed by atoms with Crippen LogP contribution in [-0.4, -0.2) is 28.1 Å². The molecule has 1 unspecified atom stereocenters. The number of halogens is 2. The summed E-state index contributed by atoms with van der Waals surface area (Å²) < 4.78 is 19.9. The van der Waals surface area contributed by atoms with E-state index in [-0.39, 0.29) is 30.4 Å². The van der Waals surface area contributed by atoms with E-state index >= 15 is 0 Å². The maximum atomic E-state index is 13.0. The average Bonchev–Trinajstić information content (AvgIpc) is 2.69. The maximum Gasteiger partial charge on any atom is 0.260 e. The monoisotopic (exact) mass is 415 g/mol. The fourth-order valence-electron chi connectivity index (χ4n) is 2.61. The molecule has 0 spiro atoms. The minimum Gasteiger partial charge on any atom is -0.481 e. The van der Waals surface area contributed by atoms with Gasteiger partial charge in [0.15, 0.2) is 6.10 Å². The van der Waals surface area contributed by atoms with Gasteiger partial charge in [0.05, 0.1) is 12.0 Å². The number of ether oxygens (including phenoxy) is 1. The fourth-order valence-corrected chi connectivity index (χ4v) is 2.79. The summed E-state index contributed by atoms with van der Waals surface area (Å²) >= 11 is 5.90. The highest BCUT2D eigenvalue weighted by Gasteiger charge is 2.14. The minimum absolute atomic E-state index is 0.236. The Bertz CT molecular complexity index is 1050. The van der Waals surface area contributed by atoms with Gasteiger partial charge in [-0.15, -0.1) is 0 Å². The van der Waals surface area contributed by atoms with Crippen molar-refractivity contribution in [1.29, 1.82) is 0 Å². The van der Waals surface area contributed by atoms with Crippen LogP contribution < -0.4 is 15.6 Å². The highest BCUT2D eigenvalue weighted by Crippen LogP contribution is 2.18. The average molecular weight is 416 g/mol. The van der Waals surface area contributed by atoms with Crippen molar-refractivity contribution in [1.82, 2.24) is 14.9 Å². The number of hydrogen-bond donors (Lipinski definition) is 1. The van der Waals surface area contributed by atoms with Crippen molar-refractivity contribution in [3.8, 4) is 17.0 Å². The molecule has 0 saturated heterocycles. The van der Waals surface area contributed by atoms with Crippen LogP contribution in [0.25, 0.3) is 11.3 Å². The Kier molecular flexibility index (Phi) is 6.61. The van der Waals surface area contributed by atoms with Crippen molar-refractivity contribution in [3.05, 3.63) is 82.1 Å². The number of benzene rings is 2. The second-order valence-corrected chi connectivity index (χ2v) is 6.76. The molecule has 1 amide bonds. The van der Waals surface area contributed by atoms with Gasteiger partial charge >= 0.3 is 0 Å². The predicted molar refractivity (Wildman–Crippen MR) is 108 cm³/mol. The Morgan fingerprint density at radius 2 is 2.00 bits per heavy atom. The van der Waals surface area contributed by atoms with Gasteiger partial charge in [-0.3, -0.25) is 14.2 Å². The Balaban J connectivity index is 1.54. The number of aromatic nitrogens is 2. The zero-order valence-corrected chi connectivity index (χ0v) is 16.4. The van der Waals surface area contributed by atoms with Gasteiger partial charge in [0, 0.05) is 29.7 Å². The summed E-state index contributed by atoms with van der Waals surface area (Å²) in [4.78, 5) is 28.7. The molecule has 3 rings (SSSR count). The third kappa shape index (κ3) is 5.65. The third-order valence-corrected chi connectivity index (χ3v) is 4.38. The zero-order chi connectivity index (χ0) is 20.8. The number of rotatable bonds is 7. The lowest BCUT2D eigenvalue weighted by Crippen LogP contribution is -2.38. The molecule has 0 bridgehead atoms. The van der Waals surface area contributed by atoms with Crippen molar-refractivity contribution < 1.29 is 13.9 Å². The molecule has 8 heteroatoms. The van der Waals surface area contributed by atoms with E-state index in [0.29, 0.717) is 22.0 Å². The molecule has 0 radical (unpaired) electrons. The van der Waals surface area contributed by atoms with Crippen LogP contribution in [0.5, 0.6) is 5.75 Å². The SMILES string of the molecule is CC(Oc1cccc(Cl)c1)C(=O)NCCn1cnc(-c2ccc(F)cc2)cc1=O. The Labute approximate surface area is 171 Å². The van der Waals surface area contributed by atoms with Gasteiger partial charge in [-0.1, -0.05) is 17.7 Å². The van der Waals surface area contributed by atoms with Crippen molar-refractivity contribution in [2.75, 3.05) is 6.54 Å². The zero-order valence-electron chi connectivity index (χ0n) is 15.6. The summed E-state index contributed by atoms with van der Waals surface area (Å²) in [7, 11) is 0. The van der Waals surface area contributed by atoms with Crippen LogP contribution in [0.1, 0.15) is 6.92 Å². The predicted octanol–water partition coefficient (Wildman–Crippen LogP) is 3.29. The summed E-state index contributed by atoms with van der Waals surface area (Å²) in [5.74, 6) is -0.169. The number of carbonyl (C=O) groups excluding carboxylic acids is 1. The number of nitrogens with zero attached hydrogens (tertiary/aromatic N) is 2. The first-order chi connectivity index (χ1) is 13.9.